The van der Waals surface area contributed by atoms with E-state index in [-0.39, 0.29) is 17.2 Å². The summed E-state index contributed by atoms with van der Waals surface area (Å²) in [5.74, 6) is -1.31. The third-order valence-electron chi connectivity index (χ3n) is 2.56. The van der Waals surface area contributed by atoms with Crippen LogP contribution in [0.3, 0.4) is 0 Å². The molecular formula is C13H18N2O3. The predicted molar refractivity (Wildman–Crippen MR) is 67.7 cm³/mol. The van der Waals surface area contributed by atoms with E-state index in [9.17, 15) is 9.59 Å². The first-order chi connectivity index (χ1) is 8.65. The smallest absolute Gasteiger partial charge is 0.337 e. The largest absolute Gasteiger partial charge is 0.478 e. The molecule has 0 atom stereocenters. The Morgan fingerprint density at radius 3 is 2.61 bits per heavy atom. The standard InChI is InChI=1S/C13H18N2O3/c1-2-3-4-5-8-14-12(16)11-7-6-10(9-15-11)13(17)18/h6-7,9H,2-5,8H2,1H3,(H,14,16)(H,17,18). The second-order valence-electron chi connectivity index (χ2n) is 4.05. The third kappa shape index (κ3) is 4.53. The maximum Gasteiger partial charge on any atom is 0.337 e. The van der Waals surface area contributed by atoms with Crippen molar-refractivity contribution in [3.63, 3.8) is 0 Å². The number of carboxylic acid groups (broad SMARTS) is 1. The molecular weight excluding hydrogens is 232 g/mol. The fourth-order valence-electron chi connectivity index (χ4n) is 1.50. The molecule has 0 aliphatic heterocycles. The second-order valence-corrected chi connectivity index (χ2v) is 4.05. The lowest BCUT2D eigenvalue weighted by Crippen LogP contribution is -2.25. The lowest BCUT2D eigenvalue weighted by atomic mass is 10.2. The van der Waals surface area contributed by atoms with E-state index in [1.165, 1.54) is 24.8 Å². The van der Waals surface area contributed by atoms with Gasteiger partial charge >= 0.3 is 5.97 Å². The lowest BCUT2D eigenvalue weighted by molar-refractivity contribution is 0.0695. The zero-order chi connectivity index (χ0) is 13.4. The molecule has 1 amide bonds. The molecule has 98 valence electrons. The number of hydrogen-bond donors (Lipinski definition) is 2. The first-order valence-corrected chi connectivity index (χ1v) is 6.12. The van der Waals surface area contributed by atoms with Gasteiger partial charge in [0.15, 0.2) is 0 Å². The van der Waals surface area contributed by atoms with Crippen LogP contribution in [-0.2, 0) is 0 Å². The van der Waals surface area contributed by atoms with Crippen LogP contribution in [0.2, 0.25) is 0 Å². The number of nitrogens with zero attached hydrogens (tertiary/aromatic N) is 1. The number of hydrogen-bond acceptors (Lipinski definition) is 3. The van der Waals surface area contributed by atoms with Crippen LogP contribution in [0.25, 0.3) is 0 Å². The average Bonchev–Trinajstić information content (AvgIpc) is 2.38. The minimum atomic E-state index is -1.05. The number of unbranched alkanes of at least 4 members (excludes halogenated alkanes) is 3. The van der Waals surface area contributed by atoms with E-state index in [1.807, 2.05) is 0 Å². The predicted octanol–water partition coefficient (Wildman–Crippen LogP) is 2.09. The molecule has 0 spiro atoms. The zero-order valence-electron chi connectivity index (χ0n) is 10.5. The first kappa shape index (κ1) is 14.2. The van der Waals surface area contributed by atoms with Gasteiger partial charge in [0.25, 0.3) is 5.91 Å². The fourth-order valence-corrected chi connectivity index (χ4v) is 1.50. The Morgan fingerprint density at radius 1 is 1.28 bits per heavy atom. The van der Waals surface area contributed by atoms with E-state index in [0.29, 0.717) is 6.54 Å². The quantitative estimate of drug-likeness (QED) is 0.726. The number of nitrogens with one attached hydrogen (secondary N) is 1. The minimum Gasteiger partial charge on any atom is -0.478 e. The van der Waals surface area contributed by atoms with Gasteiger partial charge in [-0.15, -0.1) is 0 Å². The van der Waals surface area contributed by atoms with Crippen molar-refractivity contribution in [3.8, 4) is 0 Å². The van der Waals surface area contributed by atoms with Crippen LogP contribution in [0.15, 0.2) is 18.3 Å². The maximum atomic E-state index is 11.6. The van der Waals surface area contributed by atoms with Crippen LogP contribution in [0.1, 0.15) is 53.5 Å². The van der Waals surface area contributed by atoms with Crippen LogP contribution >= 0.6 is 0 Å². The first-order valence-electron chi connectivity index (χ1n) is 6.12. The molecule has 0 bridgehead atoms. The van der Waals surface area contributed by atoms with Gasteiger partial charge < -0.3 is 10.4 Å². The Morgan fingerprint density at radius 2 is 2.06 bits per heavy atom. The van der Waals surface area contributed by atoms with Gasteiger partial charge in [0.1, 0.15) is 5.69 Å². The number of carbonyl (C=O) groups excluding carboxylic acids is 1. The van der Waals surface area contributed by atoms with Crippen molar-refractivity contribution >= 4 is 11.9 Å². The summed E-state index contributed by atoms with van der Waals surface area (Å²) < 4.78 is 0. The monoisotopic (exact) mass is 250 g/mol. The zero-order valence-corrected chi connectivity index (χ0v) is 10.5. The van der Waals surface area contributed by atoms with Gasteiger partial charge in [0.05, 0.1) is 5.56 Å². The molecule has 1 rings (SSSR count). The average molecular weight is 250 g/mol. The summed E-state index contributed by atoms with van der Waals surface area (Å²) in [6.07, 6.45) is 5.57. The van der Waals surface area contributed by atoms with Gasteiger partial charge in [0.2, 0.25) is 0 Å². The SMILES string of the molecule is CCCCCCNC(=O)c1ccc(C(=O)O)cn1. The van der Waals surface area contributed by atoms with Gasteiger partial charge in [-0.3, -0.25) is 9.78 Å². The van der Waals surface area contributed by atoms with Crippen LogP contribution in [0.5, 0.6) is 0 Å². The highest BCUT2D eigenvalue weighted by atomic mass is 16.4. The second kappa shape index (κ2) is 7.42. The molecule has 0 radical (unpaired) electrons. The normalized spacial score (nSPS) is 10.1. The summed E-state index contributed by atoms with van der Waals surface area (Å²) in [4.78, 5) is 26.1. The molecule has 0 unspecified atom stereocenters. The highest BCUT2D eigenvalue weighted by Gasteiger charge is 2.08. The molecule has 0 aliphatic carbocycles. The summed E-state index contributed by atoms with van der Waals surface area (Å²) in [5.41, 5.74) is 0.324. The van der Waals surface area contributed by atoms with Crippen LogP contribution < -0.4 is 5.32 Å². The summed E-state index contributed by atoms with van der Waals surface area (Å²) in [5, 5.41) is 11.5. The number of rotatable bonds is 7. The summed E-state index contributed by atoms with van der Waals surface area (Å²) in [7, 11) is 0. The third-order valence-corrected chi connectivity index (χ3v) is 2.56. The minimum absolute atomic E-state index is 0.0782. The topological polar surface area (TPSA) is 79.3 Å². The van der Waals surface area contributed by atoms with Gasteiger partial charge in [-0.25, -0.2) is 4.79 Å². The van der Waals surface area contributed by atoms with Crippen molar-refractivity contribution in [2.24, 2.45) is 0 Å². The molecule has 5 nitrogen and oxygen atoms in total. The number of aromatic nitrogens is 1. The molecule has 0 saturated heterocycles. The molecule has 0 saturated carbocycles. The van der Waals surface area contributed by atoms with Crippen molar-refractivity contribution in [2.45, 2.75) is 32.6 Å². The molecule has 0 aliphatic rings. The van der Waals surface area contributed by atoms with E-state index in [4.69, 9.17) is 5.11 Å². The number of aromatic carboxylic acids is 1. The van der Waals surface area contributed by atoms with E-state index in [2.05, 4.69) is 17.2 Å². The van der Waals surface area contributed by atoms with E-state index >= 15 is 0 Å². The van der Waals surface area contributed by atoms with Crippen molar-refractivity contribution in [3.05, 3.63) is 29.6 Å². The van der Waals surface area contributed by atoms with Crippen molar-refractivity contribution in [2.75, 3.05) is 6.54 Å². The van der Waals surface area contributed by atoms with Crippen molar-refractivity contribution in [1.82, 2.24) is 10.3 Å². The Labute approximate surface area is 106 Å². The maximum absolute atomic E-state index is 11.6. The van der Waals surface area contributed by atoms with Crippen molar-refractivity contribution < 1.29 is 14.7 Å². The summed E-state index contributed by atoms with van der Waals surface area (Å²) in [6.45, 7) is 2.76. The Bertz CT molecular complexity index is 401. The number of pyridine rings is 1. The van der Waals surface area contributed by atoms with Gasteiger partial charge in [-0.2, -0.15) is 0 Å². The highest BCUT2D eigenvalue weighted by Crippen LogP contribution is 2.01. The molecule has 1 aromatic heterocycles. The Balaban J connectivity index is 2.39. The molecule has 1 heterocycles. The summed E-state index contributed by atoms with van der Waals surface area (Å²) in [6, 6.07) is 2.80. The molecule has 0 aromatic carbocycles. The highest BCUT2D eigenvalue weighted by molar-refractivity contribution is 5.93. The number of carboxylic acids is 1. The Hall–Kier alpha value is -1.91. The molecule has 18 heavy (non-hydrogen) atoms. The van der Waals surface area contributed by atoms with Crippen molar-refractivity contribution in [1.29, 1.82) is 0 Å². The number of carbonyl (C=O) groups is 2. The van der Waals surface area contributed by atoms with Crippen LogP contribution in [-0.4, -0.2) is 28.5 Å². The fraction of sp³-hybridized carbons (Fsp3) is 0.462. The molecule has 2 N–H and O–H groups in total. The van der Waals surface area contributed by atoms with Crippen LogP contribution in [0, 0.1) is 0 Å². The number of amides is 1. The Kier molecular flexibility index (Phi) is 5.84. The van der Waals surface area contributed by atoms with E-state index < -0.39 is 5.97 Å². The lowest BCUT2D eigenvalue weighted by Gasteiger charge is -2.04. The molecule has 0 fully saturated rings. The van der Waals surface area contributed by atoms with E-state index in [1.54, 1.807) is 0 Å². The van der Waals surface area contributed by atoms with Gasteiger partial charge in [0, 0.05) is 12.7 Å². The molecule has 5 heteroatoms. The summed E-state index contributed by atoms with van der Waals surface area (Å²) >= 11 is 0. The molecule has 1 aromatic rings. The van der Waals surface area contributed by atoms with Gasteiger partial charge in [-0.1, -0.05) is 26.2 Å². The van der Waals surface area contributed by atoms with E-state index in [0.717, 1.165) is 19.3 Å². The van der Waals surface area contributed by atoms with Gasteiger partial charge in [-0.05, 0) is 18.6 Å². The van der Waals surface area contributed by atoms with Crippen LogP contribution in [0.4, 0.5) is 0 Å².